The average Bonchev–Trinajstić information content (AvgIpc) is 2.83. The third kappa shape index (κ3) is 6.32. The van der Waals surface area contributed by atoms with E-state index in [4.69, 9.17) is 9.47 Å². The predicted molar refractivity (Wildman–Crippen MR) is 140 cm³/mol. The van der Waals surface area contributed by atoms with E-state index in [2.05, 4.69) is 32.3 Å². The molecule has 3 aliphatic rings. The van der Waals surface area contributed by atoms with Crippen LogP contribution in [0.5, 0.6) is 0 Å². The molecular formula is C29H48N2O5. The van der Waals surface area contributed by atoms with Gasteiger partial charge in [-0.25, -0.2) is 0 Å². The lowest BCUT2D eigenvalue weighted by molar-refractivity contribution is -0.168. The molecule has 1 heterocycles. The Morgan fingerprint density at radius 1 is 1.11 bits per heavy atom. The van der Waals surface area contributed by atoms with Gasteiger partial charge in [0.15, 0.2) is 0 Å². The first-order valence-corrected chi connectivity index (χ1v) is 13.9. The van der Waals surface area contributed by atoms with Crippen molar-refractivity contribution in [2.75, 3.05) is 46.4 Å². The fourth-order valence-electron chi connectivity index (χ4n) is 7.38. The number of allylic oxidation sites excluding steroid dienone is 1. The van der Waals surface area contributed by atoms with Crippen LogP contribution in [0.3, 0.4) is 0 Å². The van der Waals surface area contributed by atoms with Crippen molar-refractivity contribution < 1.29 is 23.9 Å². The molecule has 36 heavy (non-hydrogen) atoms. The van der Waals surface area contributed by atoms with Crippen LogP contribution in [0.1, 0.15) is 79.1 Å². The Morgan fingerprint density at radius 3 is 2.44 bits per heavy atom. The minimum absolute atomic E-state index is 0.0550. The zero-order valence-electron chi connectivity index (χ0n) is 23.3. The van der Waals surface area contributed by atoms with Crippen molar-refractivity contribution in [3.05, 3.63) is 12.2 Å². The summed E-state index contributed by atoms with van der Waals surface area (Å²) in [5.74, 6) is 1.05. The van der Waals surface area contributed by atoms with E-state index in [1.165, 1.54) is 12.7 Å². The maximum atomic E-state index is 12.8. The van der Waals surface area contributed by atoms with Crippen LogP contribution in [0, 0.1) is 28.6 Å². The first-order valence-electron chi connectivity index (χ1n) is 13.9. The van der Waals surface area contributed by atoms with Crippen molar-refractivity contribution >= 4 is 17.8 Å². The number of piperazine rings is 1. The van der Waals surface area contributed by atoms with E-state index in [0.29, 0.717) is 57.1 Å². The molecule has 1 amide bonds. The molecule has 7 heteroatoms. The molecule has 0 aromatic rings. The van der Waals surface area contributed by atoms with Crippen LogP contribution in [-0.2, 0) is 23.9 Å². The van der Waals surface area contributed by atoms with Crippen LogP contribution in [0.25, 0.3) is 0 Å². The van der Waals surface area contributed by atoms with Crippen molar-refractivity contribution in [1.29, 1.82) is 0 Å². The number of ether oxygens (including phenoxy) is 2. The molecule has 0 bridgehead atoms. The van der Waals surface area contributed by atoms with Gasteiger partial charge in [0.1, 0.15) is 0 Å². The molecule has 2 aliphatic carbocycles. The van der Waals surface area contributed by atoms with Crippen LogP contribution < -0.4 is 0 Å². The Labute approximate surface area is 217 Å². The second-order valence-corrected chi connectivity index (χ2v) is 12.0. The van der Waals surface area contributed by atoms with Crippen molar-refractivity contribution in [2.45, 2.75) is 79.1 Å². The molecule has 0 radical (unpaired) electrons. The predicted octanol–water partition coefficient (Wildman–Crippen LogP) is 4.45. The molecular weight excluding hydrogens is 456 g/mol. The Hall–Kier alpha value is -1.89. The molecule has 0 unspecified atom stereocenters. The van der Waals surface area contributed by atoms with Gasteiger partial charge in [-0.15, -0.1) is 0 Å². The number of rotatable bonds is 9. The van der Waals surface area contributed by atoms with Crippen molar-refractivity contribution in [2.24, 2.45) is 28.6 Å². The lowest BCUT2D eigenvalue weighted by atomic mass is 9.46. The van der Waals surface area contributed by atoms with Crippen molar-refractivity contribution in [3.63, 3.8) is 0 Å². The van der Waals surface area contributed by atoms with E-state index >= 15 is 0 Å². The number of nitrogens with zero attached hydrogens (tertiary/aromatic N) is 2. The largest absolute Gasteiger partial charge is 0.469 e. The molecule has 3 fully saturated rings. The third-order valence-corrected chi connectivity index (χ3v) is 9.66. The summed E-state index contributed by atoms with van der Waals surface area (Å²) >= 11 is 0. The number of amides is 1. The van der Waals surface area contributed by atoms with Crippen LogP contribution in [0.2, 0.25) is 0 Å². The quantitative estimate of drug-likeness (QED) is 0.341. The number of hydrogen-bond acceptors (Lipinski definition) is 6. The number of carbonyl (C=O) groups excluding carboxylic acids is 3. The SMILES string of the molecule is C=C1CC[C@@H]2[C@](C)(CCC[C@]2(C)C(=O)OC)[C@H]1CC[C@H](C)CCOC(=O)CN1CCN(C(C)=O)CC1. The molecule has 3 rings (SSSR count). The molecule has 0 aromatic carbocycles. The van der Waals surface area contributed by atoms with Gasteiger partial charge in [-0.2, -0.15) is 0 Å². The van der Waals surface area contributed by atoms with E-state index in [1.54, 1.807) is 6.92 Å². The highest BCUT2D eigenvalue weighted by atomic mass is 16.5. The van der Waals surface area contributed by atoms with Crippen LogP contribution >= 0.6 is 0 Å². The van der Waals surface area contributed by atoms with Gasteiger partial charge in [-0.05, 0) is 75.0 Å². The van der Waals surface area contributed by atoms with E-state index in [1.807, 2.05) is 4.90 Å². The lowest BCUT2D eigenvalue weighted by Crippen LogP contribution is -2.53. The molecule has 1 saturated heterocycles. The number of fused-ring (bicyclic) bond motifs is 1. The number of carbonyl (C=O) groups is 3. The lowest BCUT2D eigenvalue weighted by Gasteiger charge is -2.57. The summed E-state index contributed by atoms with van der Waals surface area (Å²) in [4.78, 5) is 40.4. The van der Waals surface area contributed by atoms with E-state index in [0.717, 1.165) is 51.4 Å². The molecule has 204 valence electrons. The maximum Gasteiger partial charge on any atom is 0.320 e. The monoisotopic (exact) mass is 504 g/mol. The van der Waals surface area contributed by atoms with Gasteiger partial charge in [0.25, 0.3) is 0 Å². The van der Waals surface area contributed by atoms with Gasteiger partial charge in [-0.3, -0.25) is 19.3 Å². The second-order valence-electron chi connectivity index (χ2n) is 12.0. The number of methoxy groups -OCH3 is 1. The zero-order chi connectivity index (χ0) is 26.5. The first-order chi connectivity index (χ1) is 17.0. The van der Waals surface area contributed by atoms with E-state index in [-0.39, 0.29) is 23.3 Å². The molecule has 0 aromatic heterocycles. The standard InChI is InChI=1S/C29H48N2O5/c1-21(12-19-36-26(33)20-30-15-17-31(18-16-30)23(3)32)8-10-24-22(2)9-11-25-28(24,4)13-7-14-29(25,5)27(34)35-6/h21,24-25H,2,7-20H2,1,3-6H3/t21-,24-,25+,28+,29-/m0/s1. The summed E-state index contributed by atoms with van der Waals surface area (Å²) < 4.78 is 10.8. The number of esters is 2. The summed E-state index contributed by atoms with van der Waals surface area (Å²) in [6, 6.07) is 0. The third-order valence-electron chi connectivity index (χ3n) is 9.66. The van der Waals surface area contributed by atoms with Crippen LogP contribution in [-0.4, -0.2) is 74.1 Å². The summed E-state index contributed by atoms with van der Waals surface area (Å²) in [5, 5.41) is 0. The average molecular weight is 505 g/mol. The Morgan fingerprint density at radius 2 is 1.81 bits per heavy atom. The van der Waals surface area contributed by atoms with Crippen LogP contribution in [0.4, 0.5) is 0 Å². The topological polar surface area (TPSA) is 76.2 Å². The fourth-order valence-corrected chi connectivity index (χ4v) is 7.38. The van der Waals surface area contributed by atoms with Gasteiger partial charge in [0.2, 0.25) is 5.91 Å². The second kappa shape index (κ2) is 12.1. The maximum absolute atomic E-state index is 12.8. The molecule has 1 aliphatic heterocycles. The first kappa shape index (κ1) is 28.7. The molecule has 5 atom stereocenters. The summed E-state index contributed by atoms with van der Waals surface area (Å²) in [7, 11) is 1.52. The number of hydrogen-bond donors (Lipinski definition) is 0. The van der Waals surface area contributed by atoms with Gasteiger partial charge in [0, 0.05) is 33.1 Å². The van der Waals surface area contributed by atoms with Gasteiger partial charge in [-0.1, -0.05) is 32.4 Å². The highest BCUT2D eigenvalue weighted by molar-refractivity contribution is 5.77. The molecule has 2 saturated carbocycles. The smallest absolute Gasteiger partial charge is 0.320 e. The Kier molecular flexibility index (Phi) is 9.64. The minimum Gasteiger partial charge on any atom is -0.469 e. The van der Waals surface area contributed by atoms with Gasteiger partial charge >= 0.3 is 11.9 Å². The van der Waals surface area contributed by atoms with E-state index in [9.17, 15) is 14.4 Å². The highest BCUT2D eigenvalue weighted by Gasteiger charge is 2.57. The summed E-state index contributed by atoms with van der Waals surface area (Å²) in [6.45, 7) is 16.3. The van der Waals surface area contributed by atoms with Crippen LogP contribution in [0.15, 0.2) is 12.2 Å². The normalized spacial score (nSPS) is 31.9. The highest BCUT2D eigenvalue weighted by Crippen LogP contribution is 2.62. The summed E-state index contributed by atoms with van der Waals surface area (Å²) in [5.41, 5.74) is 1.01. The van der Waals surface area contributed by atoms with Crippen molar-refractivity contribution in [1.82, 2.24) is 9.80 Å². The van der Waals surface area contributed by atoms with Crippen molar-refractivity contribution in [3.8, 4) is 0 Å². The molecule has 0 spiro atoms. The Balaban J connectivity index is 1.44. The Bertz CT molecular complexity index is 820. The van der Waals surface area contributed by atoms with Gasteiger partial charge < -0.3 is 14.4 Å². The van der Waals surface area contributed by atoms with Gasteiger partial charge in [0.05, 0.1) is 25.7 Å². The summed E-state index contributed by atoms with van der Waals surface area (Å²) in [6.07, 6.45) is 8.09. The fraction of sp³-hybridized carbons (Fsp3) is 0.828. The minimum atomic E-state index is -0.404. The van der Waals surface area contributed by atoms with E-state index < -0.39 is 5.41 Å². The molecule has 0 N–H and O–H groups in total. The molecule has 7 nitrogen and oxygen atoms in total. The zero-order valence-corrected chi connectivity index (χ0v) is 23.3.